The van der Waals surface area contributed by atoms with E-state index in [0.717, 1.165) is 0 Å². The van der Waals surface area contributed by atoms with Crippen LogP contribution >= 0.6 is 0 Å². The molecule has 1 atom stereocenters. The van der Waals surface area contributed by atoms with Crippen molar-refractivity contribution < 1.29 is 4.21 Å². The fraction of sp³-hybridized carbons (Fsp3) is 0. The van der Waals surface area contributed by atoms with E-state index in [2.05, 4.69) is 4.72 Å². The van der Waals surface area contributed by atoms with E-state index >= 15 is 0 Å². The van der Waals surface area contributed by atoms with Gasteiger partial charge < -0.3 is 10.5 Å². The molecule has 0 saturated heterocycles. The number of benzene rings is 2. The first-order chi connectivity index (χ1) is 8.69. The molecule has 0 aliphatic rings. The zero-order chi connectivity index (χ0) is 13.0. The molecule has 0 fully saturated rings. The first-order valence-electron chi connectivity index (χ1n) is 5.23. The number of nitrogen functional groups attached to an aromatic ring is 1. The van der Waals surface area contributed by atoms with Crippen molar-refractivity contribution in [1.82, 2.24) is 0 Å². The predicted molar refractivity (Wildman–Crippen MR) is 72.0 cm³/mol. The molecule has 2 rings (SSSR count). The molecule has 90 valence electrons. The molecule has 0 aromatic heterocycles. The molecule has 0 bridgehead atoms. The van der Waals surface area contributed by atoms with Crippen LogP contribution in [-0.4, -0.2) is 4.21 Å². The summed E-state index contributed by atoms with van der Waals surface area (Å²) < 4.78 is 14.8. The van der Waals surface area contributed by atoms with Crippen molar-refractivity contribution in [1.29, 1.82) is 5.26 Å². The first kappa shape index (κ1) is 12.1. The van der Waals surface area contributed by atoms with E-state index in [1.807, 2.05) is 6.07 Å². The highest BCUT2D eigenvalue weighted by Gasteiger charge is 2.04. The van der Waals surface area contributed by atoms with E-state index in [1.54, 1.807) is 48.5 Å². The van der Waals surface area contributed by atoms with Crippen molar-refractivity contribution in [2.75, 3.05) is 10.5 Å². The van der Waals surface area contributed by atoms with E-state index in [1.165, 1.54) is 0 Å². The van der Waals surface area contributed by atoms with E-state index in [9.17, 15) is 4.21 Å². The summed E-state index contributed by atoms with van der Waals surface area (Å²) in [7, 11) is -1.37. The van der Waals surface area contributed by atoms with Gasteiger partial charge in [0.25, 0.3) is 0 Å². The average Bonchev–Trinajstić information content (AvgIpc) is 2.39. The largest absolute Gasteiger partial charge is 0.399 e. The molecule has 3 N–H and O–H groups in total. The van der Waals surface area contributed by atoms with Crippen LogP contribution in [0.4, 0.5) is 11.4 Å². The molecule has 18 heavy (non-hydrogen) atoms. The maximum absolute atomic E-state index is 12.0. The van der Waals surface area contributed by atoms with Gasteiger partial charge in [-0.25, -0.2) is 4.21 Å². The number of nitrogens with one attached hydrogen (secondary N) is 1. The van der Waals surface area contributed by atoms with Crippen LogP contribution in [-0.2, 0) is 11.0 Å². The second-order valence-corrected chi connectivity index (χ2v) is 4.85. The number of hydrogen-bond acceptors (Lipinski definition) is 3. The van der Waals surface area contributed by atoms with Gasteiger partial charge in [0.05, 0.1) is 16.5 Å². The summed E-state index contributed by atoms with van der Waals surface area (Å²) in [5.41, 5.74) is 7.35. The number of hydrogen-bond donors (Lipinski definition) is 2. The quantitative estimate of drug-likeness (QED) is 0.828. The monoisotopic (exact) mass is 257 g/mol. The predicted octanol–water partition coefficient (Wildman–Crippen LogP) is 2.28. The third-order valence-corrected chi connectivity index (χ3v) is 3.42. The molecule has 0 radical (unpaired) electrons. The summed E-state index contributed by atoms with van der Waals surface area (Å²) in [5, 5.41) is 8.78. The minimum atomic E-state index is -1.37. The number of nitriles is 1. The lowest BCUT2D eigenvalue weighted by Crippen LogP contribution is -2.04. The molecular weight excluding hydrogens is 246 g/mol. The fourth-order valence-electron chi connectivity index (χ4n) is 1.41. The number of anilines is 2. The molecule has 0 aliphatic heterocycles. The van der Waals surface area contributed by atoms with Crippen molar-refractivity contribution in [2.24, 2.45) is 0 Å². The highest BCUT2D eigenvalue weighted by Crippen LogP contribution is 2.15. The van der Waals surface area contributed by atoms with Gasteiger partial charge in [-0.15, -0.1) is 0 Å². The Labute approximate surface area is 108 Å². The van der Waals surface area contributed by atoms with E-state index in [4.69, 9.17) is 11.0 Å². The van der Waals surface area contributed by atoms with Gasteiger partial charge in [0.15, 0.2) is 0 Å². The van der Waals surface area contributed by atoms with Gasteiger partial charge in [0.2, 0.25) is 0 Å². The maximum atomic E-state index is 12.0. The summed E-state index contributed by atoms with van der Waals surface area (Å²) in [4.78, 5) is 0.631. The fourth-order valence-corrected chi connectivity index (χ4v) is 2.25. The average molecular weight is 257 g/mol. The van der Waals surface area contributed by atoms with Crippen molar-refractivity contribution in [3.8, 4) is 6.07 Å². The van der Waals surface area contributed by atoms with Crippen molar-refractivity contribution in [3.05, 3.63) is 54.1 Å². The highest BCUT2D eigenvalue weighted by atomic mass is 32.2. The Morgan fingerprint density at radius 3 is 2.56 bits per heavy atom. The first-order valence-corrected chi connectivity index (χ1v) is 6.38. The van der Waals surface area contributed by atoms with Gasteiger partial charge >= 0.3 is 0 Å². The minimum Gasteiger partial charge on any atom is -0.399 e. The topological polar surface area (TPSA) is 78.9 Å². The van der Waals surface area contributed by atoms with Crippen molar-refractivity contribution in [3.63, 3.8) is 0 Å². The lowest BCUT2D eigenvalue weighted by molar-refractivity contribution is 0.686. The highest BCUT2D eigenvalue weighted by molar-refractivity contribution is 7.86. The van der Waals surface area contributed by atoms with Gasteiger partial charge in [-0.3, -0.25) is 0 Å². The summed E-state index contributed by atoms with van der Waals surface area (Å²) in [6.45, 7) is 0. The molecule has 1 unspecified atom stereocenters. The van der Waals surface area contributed by atoms with Crippen LogP contribution in [0.3, 0.4) is 0 Å². The van der Waals surface area contributed by atoms with Crippen LogP contribution in [0, 0.1) is 11.3 Å². The Kier molecular flexibility index (Phi) is 3.60. The zero-order valence-electron chi connectivity index (χ0n) is 9.46. The van der Waals surface area contributed by atoms with Crippen LogP contribution in [0.2, 0.25) is 0 Å². The lowest BCUT2D eigenvalue weighted by atomic mass is 10.2. The summed E-state index contributed by atoms with van der Waals surface area (Å²) in [5.74, 6) is 0. The molecule has 0 aliphatic carbocycles. The van der Waals surface area contributed by atoms with E-state index < -0.39 is 11.0 Å². The van der Waals surface area contributed by atoms with Crippen molar-refractivity contribution in [2.45, 2.75) is 4.90 Å². The van der Waals surface area contributed by atoms with Gasteiger partial charge in [-0.2, -0.15) is 5.26 Å². The van der Waals surface area contributed by atoms with Gasteiger partial charge in [0, 0.05) is 11.4 Å². The van der Waals surface area contributed by atoms with Crippen LogP contribution in [0.5, 0.6) is 0 Å². The molecule has 0 amide bonds. The molecule has 2 aromatic rings. The lowest BCUT2D eigenvalue weighted by Gasteiger charge is -2.06. The Bertz CT molecular complexity index is 617. The molecule has 4 nitrogen and oxygen atoms in total. The van der Waals surface area contributed by atoms with Crippen LogP contribution in [0.25, 0.3) is 0 Å². The zero-order valence-corrected chi connectivity index (χ0v) is 10.3. The minimum absolute atomic E-state index is 0.523. The molecule has 2 aromatic carbocycles. The van der Waals surface area contributed by atoms with Crippen LogP contribution < -0.4 is 10.5 Å². The third kappa shape index (κ3) is 2.87. The second-order valence-electron chi connectivity index (χ2n) is 3.63. The number of nitrogens with two attached hydrogens (primary N) is 1. The Balaban J connectivity index is 2.16. The Morgan fingerprint density at radius 2 is 1.89 bits per heavy atom. The normalized spacial score (nSPS) is 11.5. The molecule has 0 spiro atoms. The van der Waals surface area contributed by atoms with Gasteiger partial charge in [-0.05, 0) is 42.5 Å². The van der Waals surface area contributed by atoms with Crippen LogP contribution in [0.1, 0.15) is 5.56 Å². The van der Waals surface area contributed by atoms with E-state index in [-0.39, 0.29) is 0 Å². The molecular formula is C13H11N3OS. The summed E-state index contributed by atoms with van der Waals surface area (Å²) in [6, 6.07) is 15.7. The smallest absolute Gasteiger partial charge is 0.150 e. The van der Waals surface area contributed by atoms with E-state index in [0.29, 0.717) is 21.8 Å². The van der Waals surface area contributed by atoms with Crippen LogP contribution in [0.15, 0.2) is 53.4 Å². The molecule has 5 heteroatoms. The van der Waals surface area contributed by atoms with Crippen molar-refractivity contribution >= 4 is 22.4 Å². The van der Waals surface area contributed by atoms with Gasteiger partial charge in [0.1, 0.15) is 11.0 Å². The Hall–Kier alpha value is -2.32. The third-order valence-electron chi connectivity index (χ3n) is 2.30. The Morgan fingerprint density at radius 1 is 1.17 bits per heavy atom. The maximum Gasteiger partial charge on any atom is 0.150 e. The second kappa shape index (κ2) is 5.34. The molecule has 0 saturated carbocycles. The number of nitrogens with zero attached hydrogens (tertiary/aromatic N) is 1. The number of rotatable bonds is 3. The van der Waals surface area contributed by atoms with Gasteiger partial charge in [-0.1, -0.05) is 6.07 Å². The SMILES string of the molecule is N#Cc1cccc(NS(=O)c2ccc(N)cc2)c1. The summed E-state index contributed by atoms with van der Waals surface area (Å²) in [6.07, 6.45) is 0. The molecule has 0 heterocycles. The summed E-state index contributed by atoms with van der Waals surface area (Å²) >= 11 is 0. The standard InChI is InChI=1S/C13H11N3OS/c14-9-10-2-1-3-12(8-10)16-18(17)13-6-4-11(15)5-7-13/h1-8,16H,15H2.